The standard InChI is InChI=1S/C19H19F2N3O4S/c1-3-19(4-2)18(26)22-15-8-6-12(10-13(15)17(25)23-19)29(27,28)24-16-7-5-11(20)9-14(16)21/h5-10,24H,3-4H2,1-2H3,(H,22,26)(H,23,25). The second kappa shape index (κ2) is 7.43. The van der Waals surface area contributed by atoms with Crippen molar-refractivity contribution in [2.75, 3.05) is 10.0 Å². The maximum Gasteiger partial charge on any atom is 0.262 e. The van der Waals surface area contributed by atoms with Crippen molar-refractivity contribution in [3.63, 3.8) is 0 Å². The first-order valence-corrected chi connectivity index (χ1v) is 10.4. The van der Waals surface area contributed by atoms with Crippen LogP contribution in [0.2, 0.25) is 0 Å². The molecule has 1 heterocycles. The SMILES string of the molecule is CCC1(CC)NC(=O)c2cc(S(=O)(=O)Nc3ccc(F)cc3F)ccc2NC1=O. The van der Waals surface area contributed by atoms with Crippen LogP contribution in [0, 0.1) is 11.6 Å². The Morgan fingerprint density at radius 3 is 2.34 bits per heavy atom. The van der Waals surface area contributed by atoms with Gasteiger partial charge in [-0.15, -0.1) is 0 Å². The molecule has 0 radical (unpaired) electrons. The molecule has 0 fully saturated rings. The molecule has 7 nitrogen and oxygen atoms in total. The molecule has 3 N–H and O–H groups in total. The summed E-state index contributed by atoms with van der Waals surface area (Å²) in [5.74, 6) is -2.92. The molecule has 2 aromatic carbocycles. The van der Waals surface area contributed by atoms with Crippen LogP contribution in [0.25, 0.3) is 0 Å². The average molecular weight is 423 g/mol. The van der Waals surface area contributed by atoms with Crippen molar-refractivity contribution in [1.29, 1.82) is 0 Å². The highest BCUT2D eigenvalue weighted by atomic mass is 32.2. The lowest BCUT2D eigenvalue weighted by Gasteiger charge is -2.28. The molecule has 154 valence electrons. The van der Waals surface area contributed by atoms with Gasteiger partial charge >= 0.3 is 0 Å². The third-order valence-electron chi connectivity index (χ3n) is 4.96. The van der Waals surface area contributed by atoms with E-state index < -0.39 is 44.7 Å². The van der Waals surface area contributed by atoms with Gasteiger partial charge in [-0.1, -0.05) is 13.8 Å². The van der Waals surface area contributed by atoms with E-state index in [0.717, 1.165) is 18.2 Å². The highest BCUT2D eigenvalue weighted by Gasteiger charge is 2.40. The third kappa shape index (κ3) is 3.80. The van der Waals surface area contributed by atoms with Crippen molar-refractivity contribution in [2.45, 2.75) is 37.1 Å². The van der Waals surface area contributed by atoms with Gasteiger partial charge in [-0.2, -0.15) is 0 Å². The topological polar surface area (TPSA) is 104 Å². The predicted octanol–water partition coefficient (Wildman–Crippen LogP) is 3.01. The van der Waals surface area contributed by atoms with Crippen LogP contribution < -0.4 is 15.4 Å². The van der Waals surface area contributed by atoms with Crippen LogP contribution in [0.15, 0.2) is 41.3 Å². The van der Waals surface area contributed by atoms with E-state index in [4.69, 9.17) is 0 Å². The predicted molar refractivity (Wildman–Crippen MR) is 103 cm³/mol. The van der Waals surface area contributed by atoms with Crippen LogP contribution in [0.5, 0.6) is 0 Å². The van der Waals surface area contributed by atoms with E-state index in [1.54, 1.807) is 13.8 Å². The average Bonchev–Trinajstić information content (AvgIpc) is 2.78. The number of halogens is 2. The number of benzene rings is 2. The number of rotatable bonds is 5. The van der Waals surface area contributed by atoms with E-state index in [1.165, 1.54) is 12.1 Å². The van der Waals surface area contributed by atoms with E-state index in [-0.39, 0.29) is 16.1 Å². The summed E-state index contributed by atoms with van der Waals surface area (Å²) in [5, 5.41) is 5.32. The molecule has 3 rings (SSSR count). The normalized spacial score (nSPS) is 15.7. The van der Waals surface area contributed by atoms with E-state index >= 15 is 0 Å². The summed E-state index contributed by atoms with van der Waals surface area (Å²) in [7, 11) is -4.28. The van der Waals surface area contributed by atoms with Gasteiger partial charge in [0.05, 0.1) is 21.8 Å². The molecule has 29 heavy (non-hydrogen) atoms. The largest absolute Gasteiger partial charge is 0.338 e. The number of hydrogen-bond acceptors (Lipinski definition) is 4. The number of carbonyl (C=O) groups is 2. The Labute approximate surface area is 166 Å². The summed E-state index contributed by atoms with van der Waals surface area (Å²) >= 11 is 0. The van der Waals surface area contributed by atoms with Crippen molar-refractivity contribution in [2.24, 2.45) is 0 Å². The summed E-state index contributed by atoms with van der Waals surface area (Å²) in [6.07, 6.45) is 0.706. The van der Waals surface area contributed by atoms with Crippen LogP contribution >= 0.6 is 0 Å². The minimum absolute atomic E-state index is 0.0374. The molecular weight excluding hydrogens is 404 g/mol. The molecule has 0 bridgehead atoms. The van der Waals surface area contributed by atoms with Crippen LogP contribution in [0.1, 0.15) is 37.0 Å². The van der Waals surface area contributed by atoms with Gasteiger partial charge in [0.15, 0.2) is 0 Å². The Morgan fingerprint density at radius 2 is 1.72 bits per heavy atom. The Bertz CT molecular complexity index is 1100. The van der Waals surface area contributed by atoms with Gasteiger partial charge < -0.3 is 10.6 Å². The Hall–Kier alpha value is -3.01. The van der Waals surface area contributed by atoms with E-state index in [2.05, 4.69) is 10.6 Å². The van der Waals surface area contributed by atoms with Crippen LogP contribution in [-0.2, 0) is 14.8 Å². The third-order valence-corrected chi connectivity index (χ3v) is 6.33. The van der Waals surface area contributed by atoms with Crippen molar-refractivity contribution in [3.8, 4) is 0 Å². The Kier molecular flexibility index (Phi) is 5.31. The van der Waals surface area contributed by atoms with Crippen molar-refractivity contribution in [1.82, 2.24) is 5.32 Å². The molecule has 2 amide bonds. The second-order valence-corrected chi connectivity index (χ2v) is 8.32. The van der Waals surface area contributed by atoms with Crippen LogP contribution in [0.3, 0.4) is 0 Å². The summed E-state index contributed by atoms with van der Waals surface area (Å²) in [6, 6.07) is 5.99. The number of anilines is 2. The number of amides is 2. The summed E-state index contributed by atoms with van der Waals surface area (Å²) in [5.41, 5.74) is -1.41. The summed E-state index contributed by atoms with van der Waals surface area (Å²) < 4.78 is 54.1. The Balaban J connectivity index is 1.99. The van der Waals surface area contributed by atoms with Gasteiger partial charge in [0.25, 0.3) is 15.9 Å². The van der Waals surface area contributed by atoms with Gasteiger partial charge in [-0.05, 0) is 43.2 Å². The lowest BCUT2D eigenvalue weighted by atomic mass is 9.92. The first-order valence-electron chi connectivity index (χ1n) is 8.88. The molecule has 1 aliphatic rings. The number of nitrogens with one attached hydrogen (secondary N) is 3. The van der Waals surface area contributed by atoms with Crippen molar-refractivity contribution < 1.29 is 26.8 Å². The molecule has 0 aliphatic carbocycles. The number of hydrogen-bond donors (Lipinski definition) is 3. The van der Waals surface area contributed by atoms with E-state index in [1.807, 2.05) is 4.72 Å². The van der Waals surface area contributed by atoms with E-state index in [9.17, 15) is 26.8 Å². The lowest BCUT2D eigenvalue weighted by Crippen LogP contribution is -2.54. The fourth-order valence-electron chi connectivity index (χ4n) is 3.09. The summed E-state index contributed by atoms with van der Waals surface area (Å²) in [4.78, 5) is 24.9. The minimum atomic E-state index is -4.28. The highest BCUT2D eigenvalue weighted by molar-refractivity contribution is 7.92. The fourth-order valence-corrected chi connectivity index (χ4v) is 4.19. The smallest absolute Gasteiger partial charge is 0.262 e. The second-order valence-electron chi connectivity index (χ2n) is 6.63. The number of sulfonamides is 1. The number of carbonyl (C=O) groups excluding carboxylic acids is 2. The van der Waals surface area contributed by atoms with Gasteiger partial charge in [0.2, 0.25) is 5.91 Å². The number of fused-ring (bicyclic) bond motifs is 1. The minimum Gasteiger partial charge on any atom is -0.338 e. The zero-order chi connectivity index (χ0) is 21.4. The molecule has 0 saturated heterocycles. The molecule has 0 atom stereocenters. The lowest BCUT2D eigenvalue weighted by molar-refractivity contribution is -0.122. The van der Waals surface area contributed by atoms with Crippen LogP contribution in [0.4, 0.5) is 20.2 Å². The first kappa shape index (κ1) is 20.7. The van der Waals surface area contributed by atoms with Gasteiger partial charge in [0.1, 0.15) is 17.2 Å². The molecule has 2 aromatic rings. The zero-order valence-corrected chi connectivity index (χ0v) is 16.5. The molecule has 0 aromatic heterocycles. The molecular formula is C19H19F2N3O4S. The zero-order valence-electron chi connectivity index (χ0n) is 15.7. The summed E-state index contributed by atoms with van der Waals surface area (Å²) in [6.45, 7) is 3.52. The van der Waals surface area contributed by atoms with Gasteiger partial charge in [0, 0.05) is 6.07 Å². The molecule has 0 unspecified atom stereocenters. The molecule has 0 saturated carbocycles. The first-order chi connectivity index (χ1) is 13.6. The van der Waals surface area contributed by atoms with Gasteiger partial charge in [-0.25, -0.2) is 17.2 Å². The maximum atomic E-state index is 13.8. The molecule has 1 aliphatic heterocycles. The van der Waals surface area contributed by atoms with Crippen LogP contribution in [-0.4, -0.2) is 25.8 Å². The highest BCUT2D eigenvalue weighted by Crippen LogP contribution is 2.29. The van der Waals surface area contributed by atoms with Crippen molar-refractivity contribution in [3.05, 3.63) is 53.6 Å². The Morgan fingerprint density at radius 1 is 1.03 bits per heavy atom. The van der Waals surface area contributed by atoms with Gasteiger partial charge in [-0.3, -0.25) is 14.3 Å². The fraction of sp³-hybridized carbons (Fsp3) is 0.263. The monoisotopic (exact) mass is 423 g/mol. The molecule has 0 spiro atoms. The molecule has 10 heteroatoms. The maximum absolute atomic E-state index is 13.8. The van der Waals surface area contributed by atoms with Crippen molar-refractivity contribution >= 4 is 33.2 Å². The quantitative estimate of drug-likeness (QED) is 0.688. The van der Waals surface area contributed by atoms with E-state index in [0.29, 0.717) is 18.9 Å².